The van der Waals surface area contributed by atoms with Crippen LogP contribution in [0.5, 0.6) is 0 Å². The van der Waals surface area contributed by atoms with Crippen LogP contribution in [0.25, 0.3) is 32.9 Å². The zero-order valence-electron chi connectivity index (χ0n) is 11.2. The Morgan fingerprint density at radius 1 is 0.810 bits per heavy atom. The van der Waals surface area contributed by atoms with E-state index in [2.05, 4.69) is 0 Å². The minimum absolute atomic E-state index is 0.0307. The van der Waals surface area contributed by atoms with Crippen molar-refractivity contribution in [1.82, 2.24) is 0 Å². The number of hydrogen-bond acceptors (Lipinski definition) is 4. The van der Waals surface area contributed by atoms with Crippen LogP contribution in [0.4, 0.5) is 0 Å². The Bertz CT molecular complexity index is 1130. The summed E-state index contributed by atoms with van der Waals surface area (Å²) in [5.41, 5.74) is 0.855. The standard InChI is InChI=1S/C17H10O4/c1-9-6-7-13-12(8-9)14(18)16-15(20-13)10-4-2-3-5-11(10)17(19)21-16/h2-8H,1H3. The molecule has 0 fully saturated rings. The van der Waals surface area contributed by atoms with Crippen molar-refractivity contribution in [3.63, 3.8) is 0 Å². The van der Waals surface area contributed by atoms with Crippen LogP contribution in [-0.4, -0.2) is 0 Å². The summed E-state index contributed by atoms with van der Waals surface area (Å²) in [5, 5.41) is 1.41. The van der Waals surface area contributed by atoms with Gasteiger partial charge in [0.25, 0.3) is 0 Å². The van der Waals surface area contributed by atoms with Crippen LogP contribution in [0.1, 0.15) is 5.56 Å². The third-order valence-electron chi connectivity index (χ3n) is 3.59. The summed E-state index contributed by atoms with van der Waals surface area (Å²) in [7, 11) is 0. The van der Waals surface area contributed by atoms with E-state index in [0.717, 1.165) is 5.56 Å². The normalized spacial score (nSPS) is 11.5. The van der Waals surface area contributed by atoms with Crippen molar-refractivity contribution in [2.45, 2.75) is 6.92 Å². The van der Waals surface area contributed by atoms with Crippen LogP contribution in [0.2, 0.25) is 0 Å². The van der Waals surface area contributed by atoms with Crippen molar-refractivity contribution >= 4 is 32.9 Å². The Hall–Kier alpha value is -2.88. The van der Waals surface area contributed by atoms with Crippen LogP contribution >= 0.6 is 0 Å². The lowest BCUT2D eigenvalue weighted by Crippen LogP contribution is -2.08. The fraction of sp³-hybridized carbons (Fsp3) is 0.0588. The average molecular weight is 278 g/mol. The summed E-state index contributed by atoms with van der Waals surface area (Å²) in [6.07, 6.45) is 0. The van der Waals surface area contributed by atoms with E-state index in [1.165, 1.54) is 0 Å². The summed E-state index contributed by atoms with van der Waals surface area (Å²) >= 11 is 0. The van der Waals surface area contributed by atoms with Gasteiger partial charge in [0.15, 0.2) is 5.58 Å². The van der Waals surface area contributed by atoms with Crippen LogP contribution in [0.3, 0.4) is 0 Å². The quantitative estimate of drug-likeness (QED) is 0.365. The molecule has 0 saturated heterocycles. The topological polar surface area (TPSA) is 60.4 Å². The zero-order valence-corrected chi connectivity index (χ0v) is 11.2. The first-order chi connectivity index (χ1) is 10.1. The molecule has 0 bridgehead atoms. The Morgan fingerprint density at radius 3 is 2.38 bits per heavy atom. The van der Waals surface area contributed by atoms with Gasteiger partial charge in [-0.3, -0.25) is 4.79 Å². The van der Waals surface area contributed by atoms with Gasteiger partial charge in [0.2, 0.25) is 11.0 Å². The monoisotopic (exact) mass is 278 g/mol. The summed E-state index contributed by atoms with van der Waals surface area (Å²) in [6.45, 7) is 1.89. The highest BCUT2D eigenvalue weighted by molar-refractivity contribution is 6.03. The Kier molecular flexibility index (Phi) is 2.30. The van der Waals surface area contributed by atoms with Gasteiger partial charge in [-0.15, -0.1) is 0 Å². The van der Waals surface area contributed by atoms with Crippen molar-refractivity contribution in [1.29, 1.82) is 0 Å². The van der Waals surface area contributed by atoms with Gasteiger partial charge in [-0.1, -0.05) is 29.8 Å². The molecule has 2 aromatic carbocycles. The fourth-order valence-electron chi connectivity index (χ4n) is 2.57. The molecule has 2 heterocycles. The van der Waals surface area contributed by atoms with E-state index in [1.807, 2.05) is 13.0 Å². The maximum atomic E-state index is 12.5. The minimum Gasteiger partial charge on any atom is -0.452 e. The van der Waals surface area contributed by atoms with Crippen molar-refractivity contribution in [2.24, 2.45) is 0 Å². The number of benzene rings is 2. The first kappa shape index (κ1) is 11.9. The van der Waals surface area contributed by atoms with Crippen LogP contribution in [-0.2, 0) is 0 Å². The highest BCUT2D eigenvalue weighted by atomic mass is 16.4. The fourth-order valence-corrected chi connectivity index (χ4v) is 2.57. The van der Waals surface area contributed by atoms with Crippen molar-refractivity contribution in [3.8, 4) is 0 Å². The summed E-state index contributed by atoms with van der Waals surface area (Å²) < 4.78 is 11.0. The number of hydrogen-bond donors (Lipinski definition) is 0. The van der Waals surface area contributed by atoms with Gasteiger partial charge in [0, 0.05) is 5.39 Å². The van der Waals surface area contributed by atoms with Gasteiger partial charge in [-0.05, 0) is 25.1 Å². The van der Waals surface area contributed by atoms with Gasteiger partial charge >= 0.3 is 5.63 Å². The second-order valence-corrected chi connectivity index (χ2v) is 5.02. The number of rotatable bonds is 0. The number of fused-ring (bicyclic) bond motifs is 4. The third-order valence-corrected chi connectivity index (χ3v) is 3.59. The van der Waals surface area contributed by atoms with Crippen LogP contribution < -0.4 is 11.1 Å². The molecule has 4 nitrogen and oxygen atoms in total. The smallest absolute Gasteiger partial charge is 0.344 e. The maximum Gasteiger partial charge on any atom is 0.344 e. The molecule has 0 aliphatic heterocycles. The summed E-state index contributed by atoms with van der Waals surface area (Å²) in [6, 6.07) is 12.3. The lowest BCUT2D eigenvalue weighted by molar-refractivity contribution is 0.550. The Morgan fingerprint density at radius 2 is 1.57 bits per heavy atom. The van der Waals surface area contributed by atoms with E-state index in [9.17, 15) is 9.59 Å². The molecule has 0 aliphatic rings. The largest absolute Gasteiger partial charge is 0.452 e. The molecule has 0 saturated carbocycles. The highest BCUT2D eigenvalue weighted by Gasteiger charge is 2.15. The lowest BCUT2D eigenvalue weighted by Gasteiger charge is -2.04. The minimum atomic E-state index is -0.530. The van der Waals surface area contributed by atoms with E-state index in [-0.39, 0.29) is 11.0 Å². The first-order valence-corrected chi connectivity index (χ1v) is 6.54. The molecule has 0 unspecified atom stereocenters. The molecule has 0 amide bonds. The maximum absolute atomic E-state index is 12.5. The molecule has 21 heavy (non-hydrogen) atoms. The third kappa shape index (κ3) is 1.62. The van der Waals surface area contributed by atoms with E-state index in [1.54, 1.807) is 36.4 Å². The van der Waals surface area contributed by atoms with Gasteiger partial charge in [0.05, 0.1) is 10.8 Å². The lowest BCUT2D eigenvalue weighted by atomic mass is 10.1. The van der Waals surface area contributed by atoms with E-state index < -0.39 is 5.63 Å². The number of aryl methyl sites for hydroxylation is 1. The van der Waals surface area contributed by atoms with Crippen molar-refractivity contribution < 1.29 is 8.83 Å². The molecule has 4 rings (SSSR count). The van der Waals surface area contributed by atoms with Crippen LogP contribution in [0, 0.1) is 6.92 Å². The van der Waals surface area contributed by atoms with Gasteiger partial charge in [-0.25, -0.2) is 4.79 Å². The molecule has 4 aromatic rings. The molecule has 2 aromatic heterocycles. The predicted molar refractivity (Wildman–Crippen MR) is 80.8 cm³/mol. The second kappa shape index (κ2) is 4.06. The molecule has 0 spiro atoms. The van der Waals surface area contributed by atoms with Crippen LogP contribution in [0.15, 0.2) is 60.9 Å². The van der Waals surface area contributed by atoms with E-state index in [4.69, 9.17) is 8.83 Å². The molecular weight excluding hydrogens is 268 g/mol. The summed E-state index contributed by atoms with van der Waals surface area (Å²) in [5.74, 6) is 0. The zero-order chi connectivity index (χ0) is 14.6. The Labute approximate surface area is 118 Å². The predicted octanol–water partition coefficient (Wildman–Crippen LogP) is 3.36. The Balaban J connectivity index is 2.37. The van der Waals surface area contributed by atoms with E-state index in [0.29, 0.717) is 27.3 Å². The van der Waals surface area contributed by atoms with Crippen molar-refractivity contribution in [3.05, 3.63) is 68.7 Å². The first-order valence-electron chi connectivity index (χ1n) is 6.54. The summed E-state index contributed by atoms with van der Waals surface area (Å²) in [4.78, 5) is 24.5. The SMILES string of the molecule is Cc1ccc2oc3c(oc(=O)c4ccccc43)c(=O)c2c1. The molecule has 0 atom stereocenters. The molecule has 4 heteroatoms. The second-order valence-electron chi connectivity index (χ2n) is 5.02. The molecule has 0 aliphatic carbocycles. The molecule has 0 N–H and O–H groups in total. The molecular formula is C17H10O4. The molecule has 102 valence electrons. The van der Waals surface area contributed by atoms with Crippen molar-refractivity contribution in [2.75, 3.05) is 0 Å². The highest BCUT2D eigenvalue weighted by Crippen LogP contribution is 2.24. The molecule has 0 radical (unpaired) electrons. The average Bonchev–Trinajstić information content (AvgIpc) is 2.50. The van der Waals surface area contributed by atoms with Gasteiger partial charge < -0.3 is 8.83 Å². The van der Waals surface area contributed by atoms with Gasteiger partial charge in [-0.2, -0.15) is 0 Å². The van der Waals surface area contributed by atoms with E-state index >= 15 is 0 Å². The van der Waals surface area contributed by atoms with Gasteiger partial charge in [0.1, 0.15) is 5.58 Å².